The van der Waals surface area contributed by atoms with Gasteiger partial charge in [0.1, 0.15) is 5.75 Å². The van der Waals surface area contributed by atoms with Crippen molar-refractivity contribution >= 4 is 38.4 Å². The number of aromatic nitrogens is 1. The fraction of sp³-hybridized carbons (Fsp3) is 0.0625. The molecule has 0 bridgehead atoms. The van der Waals surface area contributed by atoms with Crippen LogP contribution in [0.25, 0.3) is 10.9 Å². The van der Waals surface area contributed by atoms with Gasteiger partial charge in [-0.2, -0.15) is 0 Å². The van der Waals surface area contributed by atoms with Crippen LogP contribution in [0.5, 0.6) is 11.6 Å². The molecule has 2 N–H and O–H groups in total. The summed E-state index contributed by atoms with van der Waals surface area (Å²) in [7, 11) is 1.69. The fourth-order valence-corrected chi connectivity index (χ4v) is 2.65. The number of para-hydroxylation sites is 1. The zero-order chi connectivity index (χ0) is 16.6. The first-order valence-electron chi connectivity index (χ1n) is 6.70. The van der Waals surface area contributed by atoms with Gasteiger partial charge < -0.3 is 14.8 Å². The highest BCUT2D eigenvalue weighted by molar-refractivity contribution is 9.10. The van der Waals surface area contributed by atoms with Gasteiger partial charge in [0.05, 0.1) is 11.1 Å². The van der Waals surface area contributed by atoms with Crippen LogP contribution in [0, 0.1) is 0 Å². The number of rotatable bonds is 2. The number of amides is 1. The lowest BCUT2D eigenvalue weighted by atomic mass is 10.2. The van der Waals surface area contributed by atoms with Crippen molar-refractivity contribution in [1.29, 1.82) is 0 Å². The molecule has 0 atom stereocenters. The first-order valence-corrected chi connectivity index (χ1v) is 7.49. The topological polar surface area (TPSA) is 87.2 Å². The molecule has 23 heavy (non-hydrogen) atoms. The highest BCUT2D eigenvalue weighted by atomic mass is 79.9. The molecule has 0 aliphatic carbocycles. The van der Waals surface area contributed by atoms with Gasteiger partial charge >= 0.3 is 0 Å². The van der Waals surface area contributed by atoms with Gasteiger partial charge in [-0.15, -0.1) is 10.2 Å². The number of aryl methyl sites for hydroxylation is 1. The van der Waals surface area contributed by atoms with Gasteiger partial charge in [0, 0.05) is 16.9 Å². The van der Waals surface area contributed by atoms with Gasteiger partial charge in [-0.1, -0.05) is 28.1 Å². The molecule has 116 valence electrons. The second-order valence-electron chi connectivity index (χ2n) is 4.92. The van der Waals surface area contributed by atoms with Gasteiger partial charge in [0.2, 0.25) is 5.88 Å². The molecule has 3 aromatic rings. The van der Waals surface area contributed by atoms with Gasteiger partial charge in [-0.05, 0) is 30.3 Å². The molecular formula is C16H12BrN3O3. The van der Waals surface area contributed by atoms with Crippen molar-refractivity contribution in [3.05, 3.63) is 52.5 Å². The number of halogens is 1. The quantitative estimate of drug-likeness (QED) is 0.657. The Morgan fingerprint density at radius 3 is 2.65 bits per heavy atom. The predicted octanol–water partition coefficient (Wildman–Crippen LogP) is 4.28. The monoisotopic (exact) mass is 373 g/mol. The Hall–Kier alpha value is -2.67. The van der Waals surface area contributed by atoms with E-state index in [0.717, 1.165) is 9.99 Å². The second-order valence-corrected chi connectivity index (χ2v) is 5.83. The van der Waals surface area contributed by atoms with Crippen LogP contribution < -0.4 is 0 Å². The van der Waals surface area contributed by atoms with Gasteiger partial charge in [-0.25, -0.2) is 0 Å². The molecule has 0 saturated carbocycles. The number of phenolic OH excluding ortho intramolecular Hbond substituents is 1. The Morgan fingerprint density at radius 1 is 1.17 bits per heavy atom. The van der Waals surface area contributed by atoms with E-state index in [9.17, 15) is 15.0 Å². The number of benzene rings is 2. The Bertz CT molecular complexity index is 947. The molecule has 2 aromatic carbocycles. The number of fused-ring (bicyclic) bond motifs is 1. The predicted molar refractivity (Wildman–Crippen MR) is 89.2 cm³/mol. The van der Waals surface area contributed by atoms with E-state index in [2.05, 4.69) is 26.2 Å². The van der Waals surface area contributed by atoms with E-state index in [1.54, 1.807) is 29.8 Å². The average Bonchev–Trinajstić information content (AvgIpc) is 2.76. The maximum atomic E-state index is 12.0. The summed E-state index contributed by atoms with van der Waals surface area (Å²) in [4.78, 5) is 12.0. The molecule has 1 heterocycles. The van der Waals surface area contributed by atoms with Crippen molar-refractivity contribution in [1.82, 2.24) is 4.57 Å². The minimum Gasteiger partial charge on any atom is -0.507 e. The average molecular weight is 374 g/mol. The standard InChI is InChI=1S/C16H12BrN3O3/c1-20-12-7-6-9(17)8-11(12)14(16(20)23)18-19-15(22)10-4-2-3-5-13(10)21/h2-8,21,23H,1H3. The zero-order valence-electron chi connectivity index (χ0n) is 12.1. The zero-order valence-corrected chi connectivity index (χ0v) is 13.6. The Labute approximate surface area is 139 Å². The molecule has 6 nitrogen and oxygen atoms in total. The summed E-state index contributed by atoms with van der Waals surface area (Å²) in [6.07, 6.45) is 0. The van der Waals surface area contributed by atoms with Crippen LogP contribution in [0.3, 0.4) is 0 Å². The number of phenols is 1. The SMILES string of the molecule is Cn1c(O)c(N=NC(=O)c2ccccc2O)c2cc(Br)ccc21. The van der Waals surface area contributed by atoms with E-state index < -0.39 is 5.91 Å². The number of aromatic hydroxyl groups is 2. The van der Waals surface area contributed by atoms with Crippen molar-refractivity contribution in [2.75, 3.05) is 0 Å². The largest absolute Gasteiger partial charge is 0.507 e. The molecule has 1 aromatic heterocycles. The second kappa shape index (κ2) is 5.85. The van der Waals surface area contributed by atoms with Crippen molar-refractivity contribution < 1.29 is 15.0 Å². The van der Waals surface area contributed by atoms with Crippen molar-refractivity contribution in [3.63, 3.8) is 0 Å². The summed E-state index contributed by atoms with van der Waals surface area (Å²) >= 11 is 3.36. The van der Waals surface area contributed by atoms with Gasteiger partial charge in [0.15, 0.2) is 5.69 Å². The summed E-state index contributed by atoms with van der Waals surface area (Å²) in [6.45, 7) is 0. The minimum atomic E-state index is -0.686. The summed E-state index contributed by atoms with van der Waals surface area (Å²) < 4.78 is 2.37. The number of azo groups is 1. The number of nitrogens with zero attached hydrogens (tertiary/aromatic N) is 3. The third-order valence-corrected chi connectivity index (χ3v) is 3.97. The van der Waals surface area contributed by atoms with Crippen LogP contribution in [-0.2, 0) is 7.05 Å². The maximum Gasteiger partial charge on any atom is 0.299 e. The van der Waals surface area contributed by atoms with Crippen LogP contribution in [0.1, 0.15) is 10.4 Å². The highest BCUT2D eigenvalue weighted by Crippen LogP contribution is 2.39. The van der Waals surface area contributed by atoms with Crippen molar-refractivity contribution in [3.8, 4) is 11.6 Å². The lowest BCUT2D eigenvalue weighted by molar-refractivity contribution is 0.0992. The molecule has 0 radical (unpaired) electrons. The summed E-state index contributed by atoms with van der Waals surface area (Å²) in [6, 6.07) is 11.5. The Morgan fingerprint density at radius 2 is 1.91 bits per heavy atom. The first-order chi connectivity index (χ1) is 11.0. The molecule has 0 fully saturated rings. The lowest BCUT2D eigenvalue weighted by Crippen LogP contribution is -1.93. The third-order valence-electron chi connectivity index (χ3n) is 3.48. The van der Waals surface area contributed by atoms with Crippen LogP contribution in [0.2, 0.25) is 0 Å². The normalized spacial score (nSPS) is 11.4. The van der Waals surface area contributed by atoms with Gasteiger partial charge in [-0.3, -0.25) is 4.79 Å². The molecule has 0 saturated heterocycles. The van der Waals surface area contributed by atoms with Crippen LogP contribution in [0.4, 0.5) is 5.69 Å². The van der Waals surface area contributed by atoms with Crippen LogP contribution in [-0.4, -0.2) is 20.7 Å². The molecular weight excluding hydrogens is 362 g/mol. The highest BCUT2D eigenvalue weighted by Gasteiger charge is 2.16. The van der Waals surface area contributed by atoms with E-state index in [4.69, 9.17) is 0 Å². The van der Waals surface area contributed by atoms with E-state index in [0.29, 0.717) is 5.39 Å². The summed E-state index contributed by atoms with van der Waals surface area (Å²) in [5.41, 5.74) is 1.01. The van der Waals surface area contributed by atoms with E-state index >= 15 is 0 Å². The van der Waals surface area contributed by atoms with Crippen LogP contribution >= 0.6 is 15.9 Å². The maximum absolute atomic E-state index is 12.0. The number of hydrogen-bond donors (Lipinski definition) is 2. The molecule has 0 aliphatic rings. The lowest BCUT2D eigenvalue weighted by Gasteiger charge is -1.97. The smallest absolute Gasteiger partial charge is 0.299 e. The van der Waals surface area contributed by atoms with Crippen LogP contribution in [0.15, 0.2) is 57.2 Å². The van der Waals surface area contributed by atoms with Crippen molar-refractivity contribution in [2.24, 2.45) is 17.3 Å². The molecule has 0 spiro atoms. The van der Waals surface area contributed by atoms with E-state index in [1.165, 1.54) is 12.1 Å². The molecule has 0 unspecified atom stereocenters. The summed E-state index contributed by atoms with van der Waals surface area (Å²) in [5, 5.41) is 28.0. The molecule has 0 aliphatic heterocycles. The first kappa shape index (κ1) is 15.2. The number of hydrogen-bond acceptors (Lipinski definition) is 4. The minimum absolute atomic E-state index is 0.0529. The van der Waals surface area contributed by atoms with Gasteiger partial charge in [0.25, 0.3) is 5.91 Å². The third kappa shape index (κ3) is 2.70. The van der Waals surface area contributed by atoms with E-state index in [1.807, 2.05) is 12.1 Å². The molecule has 3 rings (SSSR count). The number of carbonyl (C=O) groups excluding carboxylic acids is 1. The fourth-order valence-electron chi connectivity index (χ4n) is 2.29. The summed E-state index contributed by atoms with van der Waals surface area (Å²) in [5.74, 6) is -0.942. The number of carbonyl (C=O) groups is 1. The molecule has 7 heteroatoms. The molecule has 1 amide bonds. The Kier molecular flexibility index (Phi) is 3.87. The van der Waals surface area contributed by atoms with E-state index in [-0.39, 0.29) is 22.9 Å². The Balaban J connectivity index is 2.05. The van der Waals surface area contributed by atoms with Crippen molar-refractivity contribution in [2.45, 2.75) is 0 Å².